The van der Waals surface area contributed by atoms with Crippen LogP contribution in [-0.2, 0) is 9.53 Å². The van der Waals surface area contributed by atoms with Crippen molar-refractivity contribution in [3.05, 3.63) is 0 Å². The van der Waals surface area contributed by atoms with E-state index in [0.717, 1.165) is 25.7 Å². The molecule has 0 aromatic rings. The monoisotopic (exact) mass is 201 g/mol. The van der Waals surface area contributed by atoms with E-state index in [-0.39, 0.29) is 11.4 Å². The number of rotatable bonds is 7. The van der Waals surface area contributed by atoms with Crippen LogP contribution in [-0.4, -0.2) is 19.6 Å². The molecule has 0 saturated heterocycles. The molecule has 0 aromatic heterocycles. The van der Waals surface area contributed by atoms with Crippen molar-refractivity contribution in [1.82, 2.24) is 0 Å². The Morgan fingerprint density at radius 1 is 1.43 bits per heavy atom. The fourth-order valence-electron chi connectivity index (χ4n) is 1.64. The number of carbonyl (C=O) groups is 1. The molecule has 0 aliphatic rings. The van der Waals surface area contributed by atoms with Gasteiger partial charge in [-0.2, -0.15) is 0 Å². The molecule has 2 N–H and O–H groups in total. The Labute approximate surface area is 87.0 Å². The Morgan fingerprint density at radius 2 is 2.07 bits per heavy atom. The summed E-state index contributed by atoms with van der Waals surface area (Å²) in [5.74, 6) is -0.145. The Kier molecular flexibility index (Phi) is 6.54. The van der Waals surface area contributed by atoms with E-state index in [9.17, 15) is 4.79 Å². The Balaban J connectivity index is 4.28. The van der Waals surface area contributed by atoms with E-state index in [2.05, 4.69) is 13.8 Å². The molecule has 0 radical (unpaired) electrons. The molecular formula is C11H23NO2. The summed E-state index contributed by atoms with van der Waals surface area (Å²) in [5, 5.41) is 0. The average Bonchev–Trinajstić information content (AvgIpc) is 2.24. The van der Waals surface area contributed by atoms with Crippen LogP contribution < -0.4 is 5.73 Å². The number of hydrogen-bond acceptors (Lipinski definition) is 3. The fraction of sp³-hybridized carbons (Fsp3) is 0.909. The maximum Gasteiger partial charge on any atom is 0.306 e. The summed E-state index contributed by atoms with van der Waals surface area (Å²) in [6, 6.07) is 0. The standard InChI is InChI=1S/C11H23NO2/c1-4-6-7-11(5-2,9-12)8-10(13)14-3/h4-9,12H2,1-3H3. The molecule has 14 heavy (non-hydrogen) atoms. The van der Waals surface area contributed by atoms with Gasteiger partial charge in [0.15, 0.2) is 0 Å². The van der Waals surface area contributed by atoms with Gasteiger partial charge in [0.05, 0.1) is 13.5 Å². The van der Waals surface area contributed by atoms with Crippen LogP contribution in [0, 0.1) is 5.41 Å². The van der Waals surface area contributed by atoms with Gasteiger partial charge in [0.1, 0.15) is 0 Å². The van der Waals surface area contributed by atoms with Crippen LogP contribution in [0.1, 0.15) is 46.0 Å². The summed E-state index contributed by atoms with van der Waals surface area (Å²) in [5.41, 5.74) is 5.72. The van der Waals surface area contributed by atoms with E-state index in [1.165, 1.54) is 7.11 Å². The third kappa shape index (κ3) is 4.09. The van der Waals surface area contributed by atoms with Gasteiger partial charge < -0.3 is 10.5 Å². The second-order valence-electron chi connectivity index (χ2n) is 3.91. The molecule has 1 atom stereocenters. The maximum atomic E-state index is 11.2. The summed E-state index contributed by atoms with van der Waals surface area (Å²) >= 11 is 0. The third-order valence-electron chi connectivity index (χ3n) is 2.99. The van der Waals surface area contributed by atoms with Gasteiger partial charge >= 0.3 is 5.97 Å². The lowest BCUT2D eigenvalue weighted by Gasteiger charge is -2.30. The molecule has 0 rings (SSSR count). The normalized spacial score (nSPS) is 14.9. The summed E-state index contributed by atoms with van der Waals surface area (Å²) in [6.45, 7) is 4.80. The number of carbonyl (C=O) groups excluding carboxylic acids is 1. The second kappa shape index (κ2) is 6.82. The molecule has 0 bridgehead atoms. The lowest BCUT2D eigenvalue weighted by molar-refractivity contribution is -0.143. The number of esters is 1. The maximum absolute atomic E-state index is 11.2. The zero-order valence-corrected chi connectivity index (χ0v) is 9.64. The highest BCUT2D eigenvalue weighted by molar-refractivity contribution is 5.70. The number of ether oxygens (including phenoxy) is 1. The molecule has 0 heterocycles. The van der Waals surface area contributed by atoms with Gasteiger partial charge in [-0.05, 0) is 24.8 Å². The van der Waals surface area contributed by atoms with E-state index in [0.29, 0.717) is 13.0 Å². The molecule has 84 valence electrons. The van der Waals surface area contributed by atoms with Crippen molar-refractivity contribution in [2.45, 2.75) is 46.0 Å². The number of methoxy groups -OCH3 is 1. The number of nitrogens with two attached hydrogens (primary N) is 1. The number of unbranched alkanes of at least 4 members (excludes halogenated alkanes) is 1. The molecule has 0 spiro atoms. The SMILES string of the molecule is CCCCC(CC)(CN)CC(=O)OC. The van der Waals surface area contributed by atoms with Gasteiger partial charge in [-0.3, -0.25) is 4.79 Å². The summed E-state index contributed by atoms with van der Waals surface area (Å²) in [7, 11) is 1.43. The average molecular weight is 201 g/mol. The first-order chi connectivity index (χ1) is 6.64. The van der Waals surface area contributed by atoms with Gasteiger partial charge in [0, 0.05) is 0 Å². The molecule has 0 aromatic carbocycles. The van der Waals surface area contributed by atoms with Crippen LogP contribution >= 0.6 is 0 Å². The zero-order valence-electron chi connectivity index (χ0n) is 9.64. The van der Waals surface area contributed by atoms with Crippen LogP contribution in [0.4, 0.5) is 0 Å². The van der Waals surface area contributed by atoms with Crippen LogP contribution in [0.3, 0.4) is 0 Å². The molecule has 3 nitrogen and oxygen atoms in total. The van der Waals surface area contributed by atoms with Crippen molar-refractivity contribution in [1.29, 1.82) is 0 Å². The Morgan fingerprint density at radius 3 is 2.43 bits per heavy atom. The predicted octanol–water partition coefficient (Wildman–Crippen LogP) is 2.09. The Hall–Kier alpha value is -0.570. The Bertz CT molecular complexity index is 165. The van der Waals surface area contributed by atoms with Crippen molar-refractivity contribution in [3.8, 4) is 0 Å². The topological polar surface area (TPSA) is 52.3 Å². The van der Waals surface area contributed by atoms with Crippen LogP contribution in [0.2, 0.25) is 0 Å². The summed E-state index contributed by atoms with van der Waals surface area (Å²) < 4.78 is 4.69. The van der Waals surface area contributed by atoms with E-state index in [1.54, 1.807) is 0 Å². The molecule has 0 fully saturated rings. The number of hydrogen-bond donors (Lipinski definition) is 1. The third-order valence-corrected chi connectivity index (χ3v) is 2.99. The highest BCUT2D eigenvalue weighted by Crippen LogP contribution is 2.31. The summed E-state index contributed by atoms with van der Waals surface area (Å²) in [6.07, 6.45) is 4.69. The second-order valence-corrected chi connectivity index (χ2v) is 3.91. The van der Waals surface area contributed by atoms with Crippen molar-refractivity contribution in [2.75, 3.05) is 13.7 Å². The zero-order chi connectivity index (χ0) is 11.0. The summed E-state index contributed by atoms with van der Waals surface area (Å²) in [4.78, 5) is 11.2. The first-order valence-electron chi connectivity index (χ1n) is 5.41. The molecule has 0 saturated carbocycles. The highest BCUT2D eigenvalue weighted by atomic mass is 16.5. The quantitative estimate of drug-likeness (QED) is 0.642. The molecule has 0 aliphatic heterocycles. The van der Waals surface area contributed by atoms with E-state index in [4.69, 9.17) is 10.5 Å². The minimum atomic E-state index is -0.145. The minimum Gasteiger partial charge on any atom is -0.469 e. The van der Waals surface area contributed by atoms with Crippen molar-refractivity contribution in [3.63, 3.8) is 0 Å². The molecular weight excluding hydrogens is 178 g/mol. The van der Waals surface area contributed by atoms with Crippen LogP contribution in [0.25, 0.3) is 0 Å². The van der Waals surface area contributed by atoms with Gasteiger partial charge in [-0.25, -0.2) is 0 Å². The van der Waals surface area contributed by atoms with Crippen molar-refractivity contribution in [2.24, 2.45) is 11.1 Å². The first-order valence-corrected chi connectivity index (χ1v) is 5.41. The van der Waals surface area contributed by atoms with Gasteiger partial charge in [0.2, 0.25) is 0 Å². The largest absolute Gasteiger partial charge is 0.469 e. The smallest absolute Gasteiger partial charge is 0.306 e. The van der Waals surface area contributed by atoms with Gasteiger partial charge in [-0.15, -0.1) is 0 Å². The lowest BCUT2D eigenvalue weighted by Crippen LogP contribution is -2.32. The van der Waals surface area contributed by atoms with Crippen LogP contribution in [0.15, 0.2) is 0 Å². The van der Waals surface area contributed by atoms with E-state index in [1.807, 2.05) is 0 Å². The fourth-order valence-corrected chi connectivity index (χ4v) is 1.64. The molecule has 0 aliphatic carbocycles. The van der Waals surface area contributed by atoms with E-state index >= 15 is 0 Å². The molecule has 1 unspecified atom stereocenters. The molecule has 0 amide bonds. The first kappa shape index (κ1) is 13.4. The minimum absolute atomic E-state index is 0.0386. The van der Waals surface area contributed by atoms with Gasteiger partial charge in [-0.1, -0.05) is 26.7 Å². The predicted molar refractivity (Wildman–Crippen MR) is 57.9 cm³/mol. The van der Waals surface area contributed by atoms with Crippen molar-refractivity contribution >= 4 is 5.97 Å². The molecule has 3 heteroatoms. The van der Waals surface area contributed by atoms with Gasteiger partial charge in [0.25, 0.3) is 0 Å². The lowest BCUT2D eigenvalue weighted by atomic mass is 9.77. The van der Waals surface area contributed by atoms with E-state index < -0.39 is 0 Å². The van der Waals surface area contributed by atoms with Crippen LogP contribution in [0.5, 0.6) is 0 Å². The highest BCUT2D eigenvalue weighted by Gasteiger charge is 2.29. The van der Waals surface area contributed by atoms with Crippen molar-refractivity contribution < 1.29 is 9.53 Å².